The summed E-state index contributed by atoms with van der Waals surface area (Å²) in [6, 6.07) is 0. The van der Waals surface area contributed by atoms with Gasteiger partial charge >= 0.3 is 0 Å². The van der Waals surface area contributed by atoms with Crippen molar-refractivity contribution in [2.24, 2.45) is 5.41 Å². The van der Waals surface area contributed by atoms with E-state index in [4.69, 9.17) is 0 Å². The van der Waals surface area contributed by atoms with E-state index in [0.717, 1.165) is 0 Å². The molecule has 0 N–H and O–H groups in total. The Morgan fingerprint density at radius 2 is 2.07 bits per heavy atom. The average molecular weight is 203 g/mol. The third kappa shape index (κ3) is 1.31. The molecule has 1 heterocycles. The Balaban J connectivity index is 2.05. The van der Waals surface area contributed by atoms with Gasteiger partial charge in [0.15, 0.2) is 5.78 Å². The van der Waals surface area contributed by atoms with Crippen molar-refractivity contribution in [3.8, 4) is 0 Å². The van der Waals surface area contributed by atoms with Gasteiger partial charge in [0.1, 0.15) is 5.41 Å². The molecular formula is C9H11F2NO2. The van der Waals surface area contributed by atoms with Gasteiger partial charge in [0.2, 0.25) is 5.91 Å². The van der Waals surface area contributed by atoms with Crippen LogP contribution in [0.3, 0.4) is 0 Å². The monoisotopic (exact) mass is 203 g/mol. The Hall–Kier alpha value is -1.00. The molecule has 3 nitrogen and oxygen atoms in total. The van der Waals surface area contributed by atoms with Crippen LogP contribution in [0.15, 0.2) is 0 Å². The minimum absolute atomic E-state index is 0.0211. The number of carbonyl (C=O) groups excluding carboxylic acids is 2. The molecule has 0 spiro atoms. The van der Waals surface area contributed by atoms with E-state index < -0.39 is 17.7 Å². The molecule has 78 valence electrons. The zero-order valence-electron chi connectivity index (χ0n) is 7.63. The summed E-state index contributed by atoms with van der Waals surface area (Å²) in [5.74, 6) is -0.568. The highest BCUT2D eigenvalue weighted by Gasteiger charge is 2.59. The number of Topliss-reactive ketones (excluding diaryl/α,β-unsaturated/α-hetero) is 1. The maximum atomic E-state index is 12.5. The summed E-state index contributed by atoms with van der Waals surface area (Å²) < 4.78 is 25.1. The first-order valence-corrected chi connectivity index (χ1v) is 4.65. The molecule has 0 aromatic rings. The Labute approximate surface area is 80.1 Å². The number of hydrogen-bond acceptors (Lipinski definition) is 2. The number of nitrogens with zero attached hydrogens (tertiary/aromatic N) is 1. The molecular weight excluding hydrogens is 192 g/mol. The number of carbonyl (C=O) groups is 2. The van der Waals surface area contributed by atoms with Crippen LogP contribution in [-0.4, -0.2) is 36.1 Å². The second-order valence-electron chi connectivity index (χ2n) is 3.97. The number of halogens is 2. The van der Waals surface area contributed by atoms with Gasteiger partial charge in [-0.15, -0.1) is 0 Å². The van der Waals surface area contributed by atoms with Crippen molar-refractivity contribution in [3.63, 3.8) is 0 Å². The fourth-order valence-corrected chi connectivity index (χ4v) is 1.78. The van der Waals surface area contributed by atoms with Crippen molar-refractivity contribution >= 4 is 11.7 Å². The minimum atomic E-state index is -2.59. The Kier molecular flexibility index (Phi) is 2.05. The number of ketones is 1. The van der Waals surface area contributed by atoms with E-state index in [-0.39, 0.29) is 25.2 Å². The number of likely N-dealkylation sites (tertiary alicyclic amines) is 1. The number of hydrogen-bond donors (Lipinski definition) is 0. The Morgan fingerprint density at radius 1 is 1.43 bits per heavy atom. The van der Waals surface area contributed by atoms with Crippen LogP contribution in [-0.2, 0) is 9.59 Å². The van der Waals surface area contributed by atoms with Gasteiger partial charge in [-0.05, 0) is 12.8 Å². The van der Waals surface area contributed by atoms with Crippen LogP contribution >= 0.6 is 0 Å². The maximum absolute atomic E-state index is 12.5. The summed E-state index contributed by atoms with van der Waals surface area (Å²) >= 11 is 0. The lowest BCUT2D eigenvalue weighted by Crippen LogP contribution is -2.39. The van der Waals surface area contributed by atoms with Crippen molar-refractivity contribution in [2.45, 2.75) is 25.7 Å². The lowest BCUT2D eigenvalue weighted by atomic mass is 10.1. The predicted octanol–water partition coefficient (Wildman–Crippen LogP) is 0.833. The summed E-state index contributed by atoms with van der Waals surface area (Å²) in [6.45, 7) is 0.333. The van der Waals surface area contributed by atoms with E-state index in [0.29, 0.717) is 13.0 Å². The average Bonchev–Trinajstić information content (AvgIpc) is 2.84. The largest absolute Gasteiger partial charge is 0.334 e. The lowest BCUT2D eigenvalue weighted by Gasteiger charge is -2.21. The van der Waals surface area contributed by atoms with E-state index in [1.807, 2.05) is 0 Å². The van der Waals surface area contributed by atoms with Gasteiger partial charge in [-0.2, -0.15) is 0 Å². The number of amides is 1. The Morgan fingerprint density at radius 3 is 2.43 bits per heavy atom. The van der Waals surface area contributed by atoms with Gasteiger partial charge in [0.25, 0.3) is 6.43 Å². The number of rotatable bonds is 2. The predicted molar refractivity (Wildman–Crippen MR) is 43.9 cm³/mol. The summed E-state index contributed by atoms with van der Waals surface area (Å²) in [6.07, 6.45) is -1.77. The van der Waals surface area contributed by atoms with Crippen molar-refractivity contribution in [3.05, 3.63) is 0 Å². The second-order valence-corrected chi connectivity index (χ2v) is 3.97. The van der Waals surface area contributed by atoms with E-state index in [1.165, 1.54) is 4.90 Å². The SMILES string of the molecule is O=C1CCN(C(=O)C2(C(F)F)CC2)C1. The van der Waals surface area contributed by atoms with Crippen LogP contribution in [0, 0.1) is 5.41 Å². The summed E-state index contributed by atoms with van der Waals surface area (Å²) in [5, 5.41) is 0. The Bertz CT molecular complexity index is 287. The van der Waals surface area contributed by atoms with Crippen molar-refractivity contribution < 1.29 is 18.4 Å². The summed E-state index contributed by atoms with van der Waals surface area (Å²) in [4.78, 5) is 23.8. The fourth-order valence-electron chi connectivity index (χ4n) is 1.78. The first-order chi connectivity index (χ1) is 6.56. The molecule has 1 aliphatic carbocycles. The van der Waals surface area contributed by atoms with Crippen molar-refractivity contribution in [2.75, 3.05) is 13.1 Å². The summed E-state index contributed by atoms with van der Waals surface area (Å²) in [5.41, 5.74) is -1.44. The fraction of sp³-hybridized carbons (Fsp3) is 0.778. The molecule has 1 saturated carbocycles. The van der Waals surface area contributed by atoms with Crippen LogP contribution in [0.5, 0.6) is 0 Å². The van der Waals surface area contributed by atoms with E-state index in [1.54, 1.807) is 0 Å². The molecule has 0 atom stereocenters. The van der Waals surface area contributed by atoms with Crippen LogP contribution in [0.1, 0.15) is 19.3 Å². The third-order valence-electron chi connectivity index (χ3n) is 2.95. The molecule has 0 aromatic carbocycles. The highest BCUT2D eigenvalue weighted by Crippen LogP contribution is 2.52. The van der Waals surface area contributed by atoms with E-state index in [2.05, 4.69) is 0 Å². The van der Waals surface area contributed by atoms with Gasteiger partial charge in [0.05, 0.1) is 6.54 Å². The molecule has 1 aliphatic heterocycles. The lowest BCUT2D eigenvalue weighted by molar-refractivity contribution is -0.142. The van der Waals surface area contributed by atoms with Crippen molar-refractivity contribution in [1.29, 1.82) is 0 Å². The van der Waals surface area contributed by atoms with Gasteiger partial charge in [-0.25, -0.2) is 8.78 Å². The van der Waals surface area contributed by atoms with Crippen LogP contribution in [0.4, 0.5) is 8.78 Å². The van der Waals surface area contributed by atoms with Gasteiger partial charge in [-0.1, -0.05) is 0 Å². The molecule has 1 amide bonds. The quantitative estimate of drug-likeness (QED) is 0.666. The molecule has 5 heteroatoms. The van der Waals surface area contributed by atoms with Gasteiger partial charge in [-0.3, -0.25) is 9.59 Å². The first-order valence-electron chi connectivity index (χ1n) is 4.65. The molecule has 1 saturated heterocycles. The smallest absolute Gasteiger partial charge is 0.252 e. The molecule has 2 rings (SSSR count). The minimum Gasteiger partial charge on any atom is -0.334 e. The molecule has 2 aliphatic rings. The zero-order valence-corrected chi connectivity index (χ0v) is 7.63. The normalized spacial score (nSPS) is 24.5. The van der Waals surface area contributed by atoms with Gasteiger partial charge in [0, 0.05) is 13.0 Å². The van der Waals surface area contributed by atoms with Crippen LogP contribution < -0.4 is 0 Å². The topological polar surface area (TPSA) is 37.4 Å². The first kappa shape index (κ1) is 9.55. The second kappa shape index (κ2) is 3.00. The van der Waals surface area contributed by atoms with E-state index >= 15 is 0 Å². The molecule has 0 unspecified atom stereocenters. The van der Waals surface area contributed by atoms with Gasteiger partial charge < -0.3 is 4.90 Å². The highest BCUT2D eigenvalue weighted by molar-refractivity contribution is 5.93. The van der Waals surface area contributed by atoms with Crippen molar-refractivity contribution in [1.82, 2.24) is 4.90 Å². The maximum Gasteiger partial charge on any atom is 0.252 e. The zero-order chi connectivity index (χ0) is 10.3. The molecule has 14 heavy (non-hydrogen) atoms. The molecule has 0 bridgehead atoms. The van der Waals surface area contributed by atoms with Crippen LogP contribution in [0.25, 0.3) is 0 Å². The molecule has 0 aromatic heterocycles. The molecule has 0 radical (unpaired) electrons. The highest BCUT2D eigenvalue weighted by atomic mass is 19.3. The number of alkyl halides is 2. The standard InChI is InChI=1S/C9H11F2NO2/c10-7(11)9(2-3-9)8(14)12-4-1-6(13)5-12/h7H,1-5H2. The van der Waals surface area contributed by atoms with E-state index in [9.17, 15) is 18.4 Å². The third-order valence-corrected chi connectivity index (χ3v) is 2.95. The van der Waals surface area contributed by atoms with Crippen LogP contribution in [0.2, 0.25) is 0 Å². The summed E-state index contributed by atoms with van der Waals surface area (Å²) in [7, 11) is 0. The molecule has 2 fully saturated rings.